The number of nitrogens with one attached hydrogen (secondary N) is 1. The van der Waals surface area contributed by atoms with Crippen molar-refractivity contribution in [2.24, 2.45) is 0 Å². The van der Waals surface area contributed by atoms with Crippen LogP contribution in [0, 0.1) is 12.3 Å². The molecule has 0 amide bonds. The van der Waals surface area contributed by atoms with Crippen LogP contribution in [0.4, 0.5) is 0 Å². The molecule has 1 aromatic heterocycles. The Morgan fingerprint density at radius 3 is 2.40 bits per heavy atom. The summed E-state index contributed by atoms with van der Waals surface area (Å²) in [6.07, 6.45) is 2.02. The van der Waals surface area contributed by atoms with Gasteiger partial charge in [-0.15, -0.1) is 6.42 Å². The highest BCUT2D eigenvalue weighted by Gasteiger charge is 2.42. The van der Waals surface area contributed by atoms with Gasteiger partial charge < -0.3 is 29.4 Å². The Hall–Kier alpha value is -1.43. The lowest BCUT2D eigenvalue weighted by Gasteiger charge is -2.19. The number of aliphatic hydroxyl groups is 1. The standard InChI is InChI=1S/C11H15N2O14P3/c1-2-6-4-13(11(16)12-10(6)15)9-3-7(14)8(25-9)5-24-29(20,21)27-30(22,23)26-28(17,18)19/h1,4,7-9,14H,3,5H2,(H,20,21)(H,22,23)(H,12,15,16)(H2,17,18,19)/t7-,8+,9+/m0/s1. The van der Waals surface area contributed by atoms with E-state index < -0.39 is 59.8 Å². The second-order valence-electron chi connectivity index (χ2n) is 5.67. The highest BCUT2D eigenvalue weighted by atomic mass is 31.3. The lowest BCUT2D eigenvalue weighted by molar-refractivity contribution is -0.0450. The molecule has 0 spiro atoms. The molecule has 16 nitrogen and oxygen atoms in total. The molecule has 1 aliphatic rings. The summed E-state index contributed by atoms with van der Waals surface area (Å²) in [4.78, 5) is 60.7. The molecule has 0 bridgehead atoms. The van der Waals surface area contributed by atoms with Crippen LogP contribution in [0.25, 0.3) is 0 Å². The fraction of sp³-hybridized carbons (Fsp3) is 0.455. The van der Waals surface area contributed by atoms with E-state index in [0.29, 0.717) is 0 Å². The Labute approximate surface area is 166 Å². The van der Waals surface area contributed by atoms with E-state index in [2.05, 4.69) is 13.1 Å². The van der Waals surface area contributed by atoms with Crippen LogP contribution in [-0.4, -0.2) is 53.0 Å². The lowest BCUT2D eigenvalue weighted by atomic mass is 10.2. The van der Waals surface area contributed by atoms with Crippen LogP contribution in [0.15, 0.2) is 15.8 Å². The normalized spacial score (nSPS) is 25.9. The Morgan fingerprint density at radius 1 is 1.20 bits per heavy atom. The summed E-state index contributed by atoms with van der Waals surface area (Å²) in [6.45, 7) is -0.915. The summed E-state index contributed by atoms with van der Waals surface area (Å²) < 4.78 is 51.2. The molecule has 6 N–H and O–H groups in total. The van der Waals surface area contributed by atoms with Gasteiger partial charge in [0.2, 0.25) is 0 Å². The summed E-state index contributed by atoms with van der Waals surface area (Å²) in [5.41, 5.74) is -1.93. The number of hydrogen-bond donors (Lipinski definition) is 6. The van der Waals surface area contributed by atoms with Gasteiger partial charge in [0.15, 0.2) is 0 Å². The van der Waals surface area contributed by atoms with Crippen LogP contribution in [0.2, 0.25) is 0 Å². The first-order valence-corrected chi connectivity index (χ1v) is 12.1. The predicted molar refractivity (Wildman–Crippen MR) is 93.6 cm³/mol. The van der Waals surface area contributed by atoms with E-state index in [9.17, 15) is 33.3 Å². The van der Waals surface area contributed by atoms with Crippen LogP contribution < -0.4 is 11.2 Å². The number of aliphatic hydroxyl groups excluding tert-OH is 1. The summed E-state index contributed by atoms with van der Waals surface area (Å²) in [6, 6.07) is 0. The van der Waals surface area contributed by atoms with Crippen molar-refractivity contribution in [3.05, 3.63) is 32.6 Å². The number of H-pyrrole nitrogens is 1. The molecule has 1 aliphatic heterocycles. The second-order valence-corrected chi connectivity index (χ2v) is 10.1. The van der Waals surface area contributed by atoms with Gasteiger partial charge in [-0.05, 0) is 0 Å². The molecule has 0 aromatic carbocycles. The third kappa shape index (κ3) is 6.79. The summed E-state index contributed by atoms with van der Waals surface area (Å²) >= 11 is 0. The second kappa shape index (κ2) is 8.97. The van der Waals surface area contributed by atoms with Gasteiger partial charge in [0.05, 0.1) is 12.7 Å². The van der Waals surface area contributed by atoms with Gasteiger partial charge in [0.1, 0.15) is 17.9 Å². The van der Waals surface area contributed by atoms with E-state index in [1.165, 1.54) is 0 Å². The fourth-order valence-electron chi connectivity index (χ4n) is 2.31. The zero-order valence-electron chi connectivity index (χ0n) is 14.5. The fourth-order valence-corrected chi connectivity index (χ4v) is 5.34. The highest BCUT2D eigenvalue weighted by Crippen LogP contribution is 2.66. The average molecular weight is 492 g/mol. The largest absolute Gasteiger partial charge is 0.490 e. The molecular formula is C11H15N2O14P3. The molecule has 0 radical (unpaired) electrons. The maximum absolute atomic E-state index is 11.9. The van der Waals surface area contributed by atoms with Crippen molar-refractivity contribution in [1.82, 2.24) is 9.55 Å². The Morgan fingerprint density at radius 2 is 1.83 bits per heavy atom. The van der Waals surface area contributed by atoms with E-state index >= 15 is 0 Å². The van der Waals surface area contributed by atoms with Crippen LogP contribution in [0.5, 0.6) is 0 Å². The Kier molecular flexibility index (Phi) is 7.43. The van der Waals surface area contributed by atoms with Crippen molar-refractivity contribution in [3.8, 4) is 12.3 Å². The molecule has 19 heteroatoms. The minimum absolute atomic E-state index is 0.204. The molecule has 30 heavy (non-hydrogen) atoms. The van der Waals surface area contributed by atoms with E-state index in [4.69, 9.17) is 25.8 Å². The molecule has 168 valence electrons. The van der Waals surface area contributed by atoms with Crippen molar-refractivity contribution in [3.63, 3.8) is 0 Å². The first kappa shape index (κ1) is 24.8. The van der Waals surface area contributed by atoms with Crippen LogP contribution >= 0.6 is 23.5 Å². The molecule has 0 saturated carbocycles. The number of aromatic amines is 1. The van der Waals surface area contributed by atoms with Gasteiger partial charge in [0, 0.05) is 12.6 Å². The number of phosphoric ester groups is 1. The number of terminal acetylenes is 1. The molecule has 2 rings (SSSR count). The van der Waals surface area contributed by atoms with E-state index in [1.54, 1.807) is 0 Å². The molecule has 2 heterocycles. The van der Waals surface area contributed by atoms with Gasteiger partial charge in [-0.3, -0.25) is 18.9 Å². The van der Waals surface area contributed by atoms with Gasteiger partial charge in [-0.1, -0.05) is 5.92 Å². The number of ether oxygens (including phenoxy) is 1. The summed E-state index contributed by atoms with van der Waals surface area (Å²) in [5.74, 6) is 2.04. The zero-order valence-corrected chi connectivity index (χ0v) is 17.2. The maximum Gasteiger partial charge on any atom is 0.490 e. The topological polar surface area (TPSA) is 244 Å². The number of rotatable bonds is 8. The SMILES string of the molecule is C#Cc1cn([C@H]2C[C@H](O)[C@@H](COP(=O)(O)OP(=O)(O)OP(=O)(O)O)O2)c(=O)[nH]c1=O. The number of hydrogen-bond acceptors (Lipinski definition) is 10. The van der Waals surface area contributed by atoms with E-state index in [0.717, 1.165) is 10.8 Å². The molecule has 1 fully saturated rings. The number of nitrogens with zero attached hydrogens (tertiary/aromatic N) is 1. The van der Waals surface area contributed by atoms with E-state index in [1.807, 2.05) is 10.9 Å². The molecule has 1 aromatic rings. The van der Waals surface area contributed by atoms with E-state index in [-0.39, 0.29) is 12.0 Å². The highest BCUT2D eigenvalue weighted by molar-refractivity contribution is 7.66. The predicted octanol–water partition coefficient (Wildman–Crippen LogP) is -1.49. The van der Waals surface area contributed by atoms with Crippen LogP contribution in [0.3, 0.4) is 0 Å². The maximum atomic E-state index is 11.9. The molecular weight excluding hydrogens is 477 g/mol. The van der Waals surface area contributed by atoms with Gasteiger partial charge in [0.25, 0.3) is 5.56 Å². The Balaban J connectivity index is 2.06. The van der Waals surface area contributed by atoms with Gasteiger partial charge in [-0.2, -0.15) is 8.62 Å². The third-order valence-electron chi connectivity index (χ3n) is 3.46. The summed E-state index contributed by atoms with van der Waals surface area (Å²) in [7, 11) is -16.7. The zero-order chi connectivity index (χ0) is 22.9. The van der Waals surface area contributed by atoms with Gasteiger partial charge >= 0.3 is 29.2 Å². The summed E-state index contributed by atoms with van der Waals surface area (Å²) in [5, 5.41) is 10.00. The number of phosphoric acid groups is 3. The van der Waals surface area contributed by atoms with Crippen LogP contribution in [-0.2, 0) is 31.6 Å². The lowest BCUT2D eigenvalue weighted by Crippen LogP contribution is -2.33. The van der Waals surface area contributed by atoms with Gasteiger partial charge in [-0.25, -0.2) is 18.5 Å². The number of aromatic nitrogens is 2. The first-order chi connectivity index (χ1) is 13.6. The average Bonchev–Trinajstić information content (AvgIpc) is 2.90. The van der Waals surface area contributed by atoms with Crippen molar-refractivity contribution in [2.75, 3.05) is 6.61 Å². The molecule has 0 aliphatic carbocycles. The molecule has 5 atom stereocenters. The van der Waals surface area contributed by atoms with Crippen molar-refractivity contribution in [1.29, 1.82) is 0 Å². The minimum Gasteiger partial charge on any atom is -0.390 e. The first-order valence-electron chi connectivity index (χ1n) is 7.56. The minimum atomic E-state index is -5.69. The van der Waals surface area contributed by atoms with Crippen molar-refractivity contribution >= 4 is 23.5 Å². The quantitative estimate of drug-likeness (QED) is 0.179. The van der Waals surface area contributed by atoms with Crippen LogP contribution in [0.1, 0.15) is 18.2 Å². The van der Waals surface area contributed by atoms with Crippen molar-refractivity contribution < 1.29 is 56.3 Å². The van der Waals surface area contributed by atoms with Crippen molar-refractivity contribution in [2.45, 2.75) is 24.9 Å². The third-order valence-corrected chi connectivity index (χ3v) is 7.26. The smallest absolute Gasteiger partial charge is 0.390 e. The molecule has 1 saturated heterocycles. The molecule has 2 unspecified atom stereocenters. The Bertz CT molecular complexity index is 1100. The monoisotopic (exact) mass is 492 g/mol.